The van der Waals surface area contributed by atoms with Gasteiger partial charge < -0.3 is 5.32 Å². The molecule has 0 spiro atoms. The Morgan fingerprint density at radius 2 is 1.55 bits per heavy atom. The second kappa shape index (κ2) is 8.13. The van der Waals surface area contributed by atoms with Crippen LogP contribution in [0.2, 0.25) is 0 Å². The third-order valence-corrected chi connectivity index (χ3v) is 6.23. The maximum absolute atomic E-state index is 13.6. The molecule has 1 amide bonds. The van der Waals surface area contributed by atoms with Crippen LogP contribution in [0, 0.1) is 0 Å². The Hall–Kier alpha value is -3.05. The molecule has 5 heteroatoms. The molecule has 1 unspecified atom stereocenters. The van der Waals surface area contributed by atoms with E-state index in [-0.39, 0.29) is 17.1 Å². The van der Waals surface area contributed by atoms with Crippen molar-refractivity contribution in [3.8, 4) is 0 Å². The number of hydrogen-bond donors (Lipinski definition) is 1. The fraction of sp³-hybridized carbons (Fsp3) is 0.167. The molecular formula is C24H22N2O2S. The Balaban J connectivity index is 1.72. The maximum Gasteiger partial charge on any atom is 0.245 e. The fourth-order valence-electron chi connectivity index (χ4n) is 3.63. The van der Waals surface area contributed by atoms with Gasteiger partial charge in [0.25, 0.3) is 0 Å². The molecule has 0 bridgehead atoms. The molecule has 0 saturated heterocycles. The van der Waals surface area contributed by atoms with E-state index in [9.17, 15) is 9.59 Å². The fourth-order valence-corrected chi connectivity index (χ4v) is 4.68. The molecule has 3 aromatic carbocycles. The van der Waals surface area contributed by atoms with Gasteiger partial charge in [-0.1, -0.05) is 49.4 Å². The van der Waals surface area contributed by atoms with E-state index in [2.05, 4.69) is 17.4 Å². The summed E-state index contributed by atoms with van der Waals surface area (Å²) in [4.78, 5) is 25.9. The average Bonchev–Trinajstić information content (AvgIpc) is 3.06. The van der Waals surface area contributed by atoms with E-state index < -0.39 is 0 Å². The lowest BCUT2D eigenvalue weighted by atomic mass is 10.2. The van der Waals surface area contributed by atoms with Crippen molar-refractivity contribution < 1.29 is 9.59 Å². The third kappa shape index (κ3) is 3.78. The van der Waals surface area contributed by atoms with Crippen molar-refractivity contribution in [3.05, 3.63) is 72.8 Å². The number of anilines is 1. The van der Waals surface area contributed by atoms with Crippen LogP contribution >= 0.6 is 11.8 Å². The lowest BCUT2D eigenvalue weighted by Crippen LogP contribution is -2.23. The van der Waals surface area contributed by atoms with Crippen LogP contribution in [0.4, 0.5) is 5.69 Å². The number of para-hydroxylation sites is 2. The summed E-state index contributed by atoms with van der Waals surface area (Å²) in [6, 6.07) is 23.7. The maximum atomic E-state index is 13.6. The van der Waals surface area contributed by atoms with Gasteiger partial charge in [-0.2, -0.15) is 0 Å². The largest absolute Gasteiger partial charge is 0.326 e. The summed E-state index contributed by atoms with van der Waals surface area (Å²) >= 11 is 1.53. The molecule has 29 heavy (non-hydrogen) atoms. The number of benzene rings is 3. The van der Waals surface area contributed by atoms with Gasteiger partial charge in [0.15, 0.2) is 0 Å². The molecule has 1 N–H and O–H groups in total. The first kappa shape index (κ1) is 19.3. The molecule has 4 rings (SSSR count). The summed E-state index contributed by atoms with van der Waals surface area (Å²) in [6.07, 6.45) is 0.703. The minimum absolute atomic E-state index is 0.0693. The van der Waals surface area contributed by atoms with E-state index in [1.165, 1.54) is 18.7 Å². The highest BCUT2D eigenvalue weighted by Gasteiger charge is 2.23. The monoisotopic (exact) mass is 402 g/mol. The SMILES string of the molecule is CCC(Sc1cccc(NC(C)=O)c1)C(=O)n1c2ccccc2c2ccccc21. The first-order valence-corrected chi connectivity index (χ1v) is 10.5. The minimum Gasteiger partial charge on any atom is -0.326 e. The summed E-state index contributed by atoms with van der Waals surface area (Å²) < 4.78 is 1.85. The van der Waals surface area contributed by atoms with Crippen LogP contribution in [-0.4, -0.2) is 21.6 Å². The first-order valence-electron chi connectivity index (χ1n) is 9.65. The van der Waals surface area contributed by atoms with Crippen molar-refractivity contribution in [1.29, 1.82) is 0 Å². The van der Waals surface area contributed by atoms with Gasteiger partial charge in [-0.15, -0.1) is 11.8 Å². The Morgan fingerprint density at radius 3 is 2.14 bits per heavy atom. The predicted octanol–water partition coefficient (Wildman–Crippen LogP) is 5.96. The molecule has 0 aliphatic rings. The molecule has 1 heterocycles. The van der Waals surface area contributed by atoms with E-state index >= 15 is 0 Å². The van der Waals surface area contributed by atoms with Crippen molar-refractivity contribution in [1.82, 2.24) is 4.57 Å². The van der Waals surface area contributed by atoms with Crippen LogP contribution in [0.15, 0.2) is 77.7 Å². The number of nitrogens with one attached hydrogen (secondary N) is 1. The average molecular weight is 403 g/mol. The minimum atomic E-state index is -0.234. The van der Waals surface area contributed by atoms with E-state index in [0.29, 0.717) is 6.42 Å². The molecule has 0 radical (unpaired) electrons. The lowest BCUT2D eigenvalue weighted by Gasteiger charge is -2.16. The van der Waals surface area contributed by atoms with Crippen molar-refractivity contribution in [2.75, 3.05) is 5.32 Å². The van der Waals surface area contributed by atoms with Crippen molar-refractivity contribution >= 4 is 51.1 Å². The van der Waals surface area contributed by atoms with E-state index in [4.69, 9.17) is 0 Å². The molecule has 0 fully saturated rings. The van der Waals surface area contributed by atoms with Gasteiger partial charge >= 0.3 is 0 Å². The lowest BCUT2D eigenvalue weighted by molar-refractivity contribution is -0.114. The van der Waals surface area contributed by atoms with Crippen LogP contribution in [0.3, 0.4) is 0 Å². The molecule has 1 atom stereocenters. The molecule has 146 valence electrons. The molecule has 0 aliphatic heterocycles. The third-order valence-electron chi connectivity index (χ3n) is 4.88. The predicted molar refractivity (Wildman–Crippen MR) is 121 cm³/mol. The van der Waals surface area contributed by atoms with Gasteiger partial charge in [-0.3, -0.25) is 14.2 Å². The van der Waals surface area contributed by atoms with Gasteiger partial charge in [0.2, 0.25) is 11.8 Å². The van der Waals surface area contributed by atoms with Gasteiger partial charge in [-0.05, 0) is 36.8 Å². The number of fused-ring (bicyclic) bond motifs is 3. The zero-order valence-electron chi connectivity index (χ0n) is 16.4. The zero-order valence-corrected chi connectivity index (χ0v) is 17.2. The van der Waals surface area contributed by atoms with Gasteiger partial charge in [-0.25, -0.2) is 0 Å². The van der Waals surface area contributed by atoms with Crippen LogP contribution < -0.4 is 5.32 Å². The number of hydrogen-bond acceptors (Lipinski definition) is 3. The van der Waals surface area contributed by atoms with Crippen molar-refractivity contribution in [3.63, 3.8) is 0 Å². The number of aromatic nitrogens is 1. The number of carbonyl (C=O) groups is 2. The smallest absolute Gasteiger partial charge is 0.245 e. The summed E-state index contributed by atoms with van der Waals surface area (Å²) in [5.41, 5.74) is 2.61. The van der Waals surface area contributed by atoms with Crippen molar-refractivity contribution in [2.45, 2.75) is 30.4 Å². The Kier molecular flexibility index (Phi) is 5.41. The number of nitrogens with zero attached hydrogens (tertiary/aromatic N) is 1. The highest BCUT2D eigenvalue weighted by atomic mass is 32.2. The standard InChI is InChI=1S/C24H22N2O2S/c1-3-23(29-18-10-8-9-17(15-18)25-16(2)27)24(28)26-21-13-6-4-11-19(21)20-12-5-7-14-22(20)26/h4-15,23H,3H2,1-2H3,(H,25,27). The summed E-state index contributed by atoms with van der Waals surface area (Å²) in [7, 11) is 0. The quantitative estimate of drug-likeness (QED) is 0.419. The van der Waals surface area contributed by atoms with Crippen LogP contribution in [0.25, 0.3) is 21.8 Å². The molecular weight excluding hydrogens is 380 g/mol. The normalized spacial score (nSPS) is 12.2. The number of carbonyl (C=O) groups excluding carboxylic acids is 2. The second-order valence-electron chi connectivity index (χ2n) is 6.93. The number of thioether (sulfide) groups is 1. The molecule has 1 aromatic heterocycles. The number of rotatable bonds is 5. The van der Waals surface area contributed by atoms with Crippen LogP contribution in [0.1, 0.15) is 25.1 Å². The topological polar surface area (TPSA) is 51.1 Å². The highest BCUT2D eigenvalue weighted by molar-refractivity contribution is 8.00. The Morgan fingerprint density at radius 1 is 0.931 bits per heavy atom. The van der Waals surface area contributed by atoms with Gasteiger partial charge in [0.05, 0.1) is 16.3 Å². The first-order chi connectivity index (χ1) is 14.1. The van der Waals surface area contributed by atoms with E-state index in [1.807, 2.05) is 72.2 Å². The zero-order chi connectivity index (χ0) is 20.4. The molecule has 0 saturated carbocycles. The van der Waals surface area contributed by atoms with Gasteiger partial charge in [0, 0.05) is 28.3 Å². The molecule has 4 nitrogen and oxygen atoms in total. The molecule has 0 aliphatic carbocycles. The van der Waals surface area contributed by atoms with E-state index in [0.717, 1.165) is 32.4 Å². The van der Waals surface area contributed by atoms with E-state index in [1.54, 1.807) is 0 Å². The number of amides is 1. The Bertz CT molecular complexity index is 1160. The highest BCUT2D eigenvalue weighted by Crippen LogP contribution is 2.33. The second-order valence-corrected chi connectivity index (χ2v) is 8.21. The van der Waals surface area contributed by atoms with Crippen LogP contribution in [-0.2, 0) is 4.79 Å². The Labute approximate surface area is 173 Å². The van der Waals surface area contributed by atoms with Crippen LogP contribution in [0.5, 0.6) is 0 Å². The summed E-state index contributed by atoms with van der Waals surface area (Å²) in [5.74, 6) is -0.0413. The molecule has 4 aromatic rings. The van der Waals surface area contributed by atoms with Crippen molar-refractivity contribution in [2.24, 2.45) is 0 Å². The summed E-state index contributed by atoms with van der Waals surface area (Å²) in [5, 5.41) is 4.74. The van der Waals surface area contributed by atoms with Gasteiger partial charge in [0.1, 0.15) is 0 Å². The summed E-state index contributed by atoms with van der Waals surface area (Å²) in [6.45, 7) is 3.52.